The van der Waals surface area contributed by atoms with Crippen molar-refractivity contribution in [2.75, 3.05) is 0 Å². The fourth-order valence-electron chi connectivity index (χ4n) is 1.37. The van der Waals surface area contributed by atoms with Crippen LogP contribution in [-0.2, 0) is 0 Å². The van der Waals surface area contributed by atoms with Gasteiger partial charge in [-0.3, -0.25) is 0 Å². The van der Waals surface area contributed by atoms with Crippen molar-refractivity contribution in [3.05, 3.63) is 24.3 Å². The highest BCUT2D eigenvalue weighted by molar-refractivity contribution is 4.88. The van der Waals surface area contributed by atoms with Gasteiger partial charge in [-0.2, -0.15) is 0 Å². The molecule has 0 radical (unpaired) electrons. The van der Waals surface area contributed by atoms with Gasteiger partial charge >= 0.3 is 0 Å². The molecule has 0 bridgehead atoms. The smallest absolute Gasteiger partial charge is 0.0316 e. The minimum atomic E-state index is 1.23. The van der Waals surface area contributed by atoms with Crippen molar-refractivity contribution in [2.45, 2.75) is 44.9 Å². The zero-order chi connectivity index (χ0) is 7.78. The van der Waals surface area contributed by atoms with Gasteiger partial charge in [-0.1, -0.05) is 30.7 Å². The van der Waals surface area contributed by atoms with Gasteiger partial charge in [0.25, 0.3) is 0 Å². The Morgan fingerprint density at radius 2 is 0.909 bits per heavy atom. The number of rotatable bonds is 0. The van der Waals surface area contributed by atoms with Crippen LogP contribution in [0.4, 0.5) is 0 Å². The summed E-state index contributed by atoms with van der Waals surface area (Å²) >= 11 is 0. The highest BCUT2D eigenvalue weighted by Crippen LogP contribution is 2.07. The van der Waals surface area contributed by atoms with E-state index in [2.05, 4.69) is 24.3 Å². The third kappa shape index (κ3) is 4.83. The molecule has 0 saturated heterocycles. The standard InChI is InChI=1S/C11H18/c1-2-4-6-8-10-11-9-7-5-3-1/h1-2,7,9H,3-6,8,10-11H2/b2-1+,9-7?. The Morgan fingerprint density at radius 1 is 0.455 bits per heavy atom. The van der Waals surface area contributed by atoms with E-state index in [4.69, 9.17) is 0 Å². The second-order valence-electron chi connectivity index (χ2n) is 3.16. The molecule has 0 atom stereocenters. The van der Waals surface area contributed by atoms with Crippen molar-refractivity contribution in [1.82, 2.24) is 0 Å². The zero-order valence-corrected chi connectivity index (χ0v) is 7.26. The van der Waals surface area contributed by atoms with E-state index in [9.17, 15) is 0 Å². The van der Waals surface area contributed by atoms with E-state index in [-0.39, 0.29) is 0 Å². The van der Waals surface area contributed by atoms with E-state index in [1.807, 2.05) is 0 Å². The van der Waals surface area contributed by atoms with Gasteiger partial charge in [0.15, 0.2) is 0 Å². The summed E-state index contributed by atoms with van der Waals surface area (Å²) in [6, 6.07) is 0. The lowest BCUT2D eigenvalue weighted by Crippen LogP contribution is -1.73. The minimum Gasteiger partial charge on any atom is -0.0885 e. The Balaban J connectivity index is 2.22. The lowest BCUT2D eigenvalue weighted by Gasteiger charge is -1.93. The lowest BCUT2D eigenvalue weighted by molar-refractivity contribution is 0.696. The van der Waals surface area contributed by atoms with Crippen molar-refractivity contribution in [3.63, 3.8) is 0 Å². The van der Waals surface area contributed by atoms with E-state index in [1.165, 1.54) is 44.9 Å². The lowest BCUT2D eigenvalue weighted by atomic mass is 10.1. The van der Waals surface area contributed by atoms with E-state index >= 15 is 0 Å². The Labute approximate surface area is 70.0 Å². The van der Waals surface area contributed by atoms with Crippen LogP contribution in [0.1, 0.15) is 44.9 Å². The summed E-state index contributed by atoms with van der Waals surface area (Å²) in [7, 11) is 0. The SMILES string of the molecule is C1=CCCCCC/C=C/CC1. The third-order valence-electron chi connectivity index (χ3n) is 2.07. The molecular weight excluding hydrogens is 132 g/mol. The van der Waals surface area contributed by atoms with E-state index in [0.29, 0.717) is 0 Å². The first-order valence-corrected chi connectivity index (χ1v) is 4.80. The van der Waals surface area contributed by atoms with Crippen LogP contribution in [0.3, 0.4) is 0 Å². The molecule has 11 heavy (non-hydrogen) atoms. The van der Waals surface area contributed by atoms with Crippen LogP contribution in [0.5, 0.6) is 0 Å². The van der Waals surface area contributed by atoms with Gasteiger partial charge in [-0.25, -0.2) is 0 Å². The Bertz CT molecular complexity index is 115. The van der Waals surface area contributed by atoms with Crippen molar-refractivity contribution in [1.29, 1.82) is 0 Å². The van der Waals surface area contributed by atoms with Crippen LogP contribution in [0.25, 0.3) is 0 Å². The summed E-state index contributed by atoms with van der Waals surface area (Å²) in [6.45, 7) is 0. The van der Waals surface area contributed by atoms with E-state index in [0.717, 1.165) is 0 Å². The van der Waals surface area contributed by atoms with Crippen LogP contribution in [0, 0.1) is 0 Å². The summed E-state index contributed by atoms with van der Waals surface area (Å²) in [5, 5.41) is 0. The van der Waals surface area contributed by atoms with Crippen LogP contribution in [0.15, 0.2) is 24.3 Å². The molecule has 0 heterocycles. The second kappa shape index (κ2) is 6.21. The highest BCUT2D eigenvalue weighted by Gasteiger charge is 1.87. The first-order valence-electron chi connectivity index (χ1n) is 4.80. The van der Waals surface area contributed by atoms with E-state index in [1.54, 1.807) is 0 Å². The Kier molecular flexibility index (Phi) is 4.84. The van der Waals surface area contributed by atoms with Gasteiger partial charge in [-0.05, 0) is 38.5 Å². The van der Waals surface area contributed by atoms with Crippen molar-refractivity contribution in [3.8, 4) is 0 Å². The average Bonchev–Trinajstić information content (AvgIpc) is 2.08. The van der Waals surface area contributed by atoms with Gasteiger partial charge in [0.2, 0.25) is 0 Å². The molecular formula is C11H18. The number of hydrogen-bond acceptors (Lipinski definition) is 0. The molecule has 1 aliphatic rings. The summed E-state index contributed by atoms with van der Waals surface area (Å²) in [6.07, 6.45) is 18.5. The molecule has 0 heteroatoms. The molecule has 0 spiro atoms. The Hall–Kier alpha value is -0.520. The van der Waals surface area contributed by atoms with Gasteiger partial charge < -0.3 is 0 Å². The molecule has 0 aromatic carbocycles. The molecule has 0 aromatic heterocycles. The van der Waals surface area contributed by atoms with Crippen LogP contribution >= 0.6 is 0 Å². The summed E-state index contributed by atoms with van der Waals surface area (Å²) in [5.41, 5.74) is 0. The zero-order valence-electron chi connectivity index (χ0n) is 7.26. The average molecular weight is 150 g/mol. The molecule has 0 amide bonds. The molecule has 62 valence electrons. The maximum Gasteiger partial charge on any atom is -0.0316 e. The first-order chi connectivity index (χ1) is 5.50. The van der Waals surface area contributed by atoms with Crippen LogP contribution < -0.4 is 0 Å². The summed E-state index contributed by atoms with van der Waals surface area (Å²) in [5.74, 6) is 0. The van der Waals surface area contributed by atoms with Gasteiger partial charge in [0.1, 0.15) is 0 Å². The molecule has 0 nitrogen and oxygen atoms in total. The van der Waals surface area contributed by atoms with Crippen LogP contribution in [0.2, 0.25) is 0 Å². The van der Waals surface area contributed by atoms with Gasteiger partial charge in [-0.15, -0.1) is 0 Å². The largest absolute Gasteiger partial charge is 0.0885 e. The molecule has 0 aliphatic heterocycles. The maximum absolute atomic E-state index is 2.33. The molecule has 1 rings (SSSR count). The predicted molar refractivity (Wildman–Crippen MR) is 50.6 cm³/mol. The molecule has 0 N–H and O–H groups in total. The number of allylic oxidation sites excluding steroid dienone is 4. The summed E-state index contributed by atoms with van der Waals surface area (Å²) in [4.78, 5) is 0. The third-order valence-corrected chi connectivity index (χ3v) is 2.07. The monoisotopic (exact) mass is 150 g/mol. The fraction of sp³-hybridized carbons (Fsp3) is 0.636. The predicted octanol–water partition coefficient (Wildman–Crippen LogP) is 3.84. The molecule has 0 aromatic rings. The topological polar surface area (TPSA) is 0 Å². The highest BCUT2D eigenvalue weighted by atomic mass is 13.9. The normalized spacial score (nSPS) is 24.0. The van der Waals surface area contributed by atoms with Crippen molar-refractivity contribution in [2.24, 2.45) is 0 Å². The second-order valence-corrected chi connectivity index (χ2v) is 3.16. The maximum atomic E-state index is 2.33. The van der Waals surface area contributed by atoms with E-state index < -0.39 is 0 Å². The molecule has 1 aliphatic carbocycles. The molecule has 0 fully saturated rings. The first kappa shape index (κ1) is 8.58. The van der Waals surface area contributed by atoms with Gasteiger partial charge in [0, 0.05) is 0 Å². The quantitative estimate of drug-likeness (QED) is 0.460. The van der Waals surface area contributed by atoms with Crippen molar-refractivity contribution >= 4 is 0 Å². The summed E-state index contributed by atoms with van der Waals surface area (Å²) < 4.78 is 0. The fourth-order valence-corrected chi connectivity index (χ4v) is 1.37. The molecule has 0 unspecified atom stereocenters. The van der Waals surface area contributed by atoms with Gasteiger partial charge in [0.05, 0.1) is 0 Å². The van der Waals surface area contributed by atoms with Crippen LogP contribution in [-0.4, -0.2) is 0 Å². The van der Waals surface area contributed by atoms with Crippen molar-refractivity contribution < 1.29 is 0 Å². The Morgan fingerprint density at radius 3 is 1.45 bits per heavy atom. The minimum absolute atomic E-state index is 1.23. The molecule has 0 saturated carbocycles. The number of hydrogen-bond donors (Lipinski definition) is 0.